The molecule has 0 aromatic heterocycles. The number of hydrogen-bond acceptors (Lipinski definition) is 2. The molecule has 1 aliphatic rings. The number of benzene rings is 1. The van der Waals surface area contributed by atoms with Crippen molar-refractivity contribution < 1.29 is 18.3 Å². The van der Waals surface area contributed by atoms with Crippen LogP contribution in [0.4, 0.5) is 13.6 Å². The topological polar surface area (TPSA) is 29.5 Å². The molecule has 104 valence electrons. The number of carbonyl (C=O) groups excluding carboxylic acids is 1. The molecule has 5 heteroatoms. The zero-order valence-electron chi connectivity index (χ0n) is 11.2. The van der Waals surface area contributed by atoms with E-state index in [4.69, 9.17) is 4.74 Å². The van der Waals surface area contributed by atoms with E-state index in [0.717, 1.165) is 5.56 Å². The third kappa shape index (κ3) is 3.03. The number of amides is 1. The van der Waals surface area contributed by atoms with Crippen LogP contribution in [0.15, 0.2) is 18.2 Å². The van der Waals surface area contributed by atoms with Gasteiger partial charge in [0, 0.05) is 12.1 Å². The molecule has 1 heterocycles. The average molecular weight is 269 g/mol. The van der Waals surface area contributed by atoms with Crippen molar-refractivity contribution >= 4 is 6.09 Å². The first kappa shape index (κ1) is 13.8. The van der Waals surface area contributed by atoms with Gasteiger partial charge in [0.15, 0.2) is 0 Å². The van der Waals surface area contributed by atoms with Gasteiger partial charge in [-0.25, -0.2) is 13.6 Å². The standard InChI is InChI=1S/C14H17F2NO2/c1-14(2,3)19-13(18)17-7-9-5-4-6-10(12(15)16)11(9)8-17/h4-6,12H,7-8H2,1-3H3. The van der Waals surface area contributed by atoms with Crippen LogP contribution in [0.5, 0.6) is 0 Å². The van der Waals surface area contributed by atoms with E-state index >= 15 is 0 Å². The first-order valence-electron chi connectivity index (χ1n) is 6.14. The van der Waals surface area contributed by atoms with Gasteiger partial charge in [0.25, 0.3) is 6.43 Å². The number of ether oxygens (including phenoxy) is 1. The number of halogens is 2. The van der Waals surface area contributed by atoms with Gasteiger partial charge in [0.1, 0.15) is 5.60 Å². The predicted octanol–water partition coefficient (Wildman–Crippen LogP) is 3.87. The minimum atomic E-state index is -2.52. The van der Waals surface area contributed by atoms with Gasteiger partial charge in [0.2, 0.25) is 0 Å². The maximum absolute atomic E-state index is 12.9. The summed E-state index contributed by atoms with van der Waals surface area (Å²) in [5, 5.41) is 0. The second-order valence-corrected chi connectivity index (χ2v) is 5.62. The van der Waals surface area contributed by atoms with Crippen molar-refractivity contribution in [2.45, 2.75) is 45.9 Å². The molecule has 0 bridgehead atoms. The van der Waals surface area contributed by atoms with Gasteiger partial charge < -0.3 is 4.74 Å². The summed E-state index contributed by atoms with van der Waals surface area (Å²) in [5.74, 6) is 0. The maximum atomic E-state index is 12.9. The van der Waals surface area contributed by atoms with Crippen molar-refractivity contribution in [1.29, 1.82) is 0 Å². The summed E-state index contributed by atoms with van der Waals surface area (Å²) in [4.78, 5) is 13.4. The highest BCUT2D eigenvalue weighted by atomic mass is 19.3. The molecule has 0 unspecified atom stereocenters. The second kappa shape index (κ2) is 4.79. The number of nitrogens with zero attached hydrogens (tertiary/aromatic N) is 1. The summed E-state index contributed by atoms with van der Waals surface area (Å²) in [6, 6.07) is 4.77. The Hall–Kier alpha value is -1.65. The number of carbonyl (C=O) groups is 1. The van der Waals surface area contributed by atoms with Gasteiger partial charge in [-0.1, -0.05) is 18.2 Å². The van der Waals surface area contributed by atoms with Crippen LogP contribution in [0.2, 0.25) is 0 Å². The quantitative estimate of drug-likeness (QED) is 0.774. The zero-order chi connectivity index (χ0) is 14.2. The third-order valence-electron chi connectivity index (χ3n) is 2.91. The fourth-order valence-corrected chi connectivity index (χ4v) is 2.11. The molecule has 0 fully saturated rings. The summed E-state index contributed by atoms with van der Waals surface area (Å²) in [6.07, 6.45) is -2.99. The van der Waals surface area contributed by atoms with Crippen LogP contribution in [-0.4, -0.2) is 16.6 Å². The van der Waals surface area contributed by atoms with Crippen LogP contribution >= 0.6 is 0 Å². The number of fused-ring (bicyclic) bond motifs is 1. The maximum Gasteiger partial charge on any atom is 0.410 e. The highest BCUT2D eigenvalue weighted by Crippen LogP contribution is 2.32. The van der Waals surface area contributed by atoms with E-state index in [1.54, 1.807) is 32.9 Å². The van der Waals surface area contributed by atoms with E-state index in [1.807, 2.05) is 0 Å². The van der Waals surface area contributed by atoms with Crippen LogP contribution < -0.4 is 0 Å². The molecule has 1 aliphatic heterocycles. The van der Waals surface area contributed by atoms with E-state index < -0.39 is 18.1 Å². The summed E-state index contributed by atoms with van der Waals surface area (Å²) in [7, 11) is 0. The van der Waals surface area contributed by atoms with Crippen molar-refractivity contribution in [3.63, 3.8) is 0 Å². The van der Waals surface area contributed by atoms with Crippen LogP contribution in [-0.2, 0) is 17.8 Å². The molecule has 0 radical (unpaired) electrons. The average Bonchev–Trinajstić information content (AvgIpc) is 2.69. The fourth-order valence-electron chi connectivity index (χ4n) is 2.11. The number of rotatable bonds is 1. The van der Waals surface area contributed by atoms with Crippen molar-refractivity contribution in [2.24, 2.45) is 0 Å². The Morgan fingerprint density at radius 1 is 1.32 bits per heavy atom. The summed E-state index contributed by atoms with van der Waals surface area (Å²) < 4.78 is 31.0. The minimum Gasteiger partial charge on any atom is -0.444 e. The fraction of sp³-hybridized carbons (Fsp3) is 0.500. The zero-order valence-corrected chi connectivity index (χ0v) is 11.2. The molecule has 0 atom stereocenters. The van der Waals surface area contributed by atoms with Gasteiger partial charge in [-0.2, -0.15) is 0 Å². The van der Waals surface area contributed by atoms with E-state index in [-0.39, 0.29) is 12.1 Å². The van der Waals surface area contributed by atoms with Crippen molar-refractivity contribution in [1.82, 2.24) is 4.90 Å². The smallest absolute Gasteiger partial charge is 0.410 e. The van der Waals surface area contributed by atoms with E-state index in [2.05, 4.69) is 0 Å². The molecule has 0 saturated heterocycles. The Morgan fingerprint density at radius 2 is 2.00 bits per heavy atom. The number of alkyl halides is 2. The Bertz CT molecular complexity index is 495. The van der Waals surface area contributed by atoms with E-state index in [1.165, 1.54) is 11.0 Å². The van der Waals surface area contributed by atoms with Crippen molar-refractivity contribution in [3.05, 3.63) is 34.9 Å². The Kier molecular flexibility index (Phi) is 3.47. The van der Waals surface area contributed by atoms with E-state index in [9.17, 15) is 13.6 Å². The molecule has 0 saturated carbocycles. The molecule has 3 nitrogen and oxygen atoms in total. The molecule has 0 aliphatic carbocycles. The van der Waals surface area contributed by atoms with Crippen molar-refractivity contribution in [2.75, 3.05) is 0 Å². The lowest BCUT2D eigenvalue weighted by Gasteiger charge is -2.24. The molecule has 0 N–H and O–H groups in total. The lowest BCUT2D eigenvalue weighted by atomic mass is 10.0. The van der Waals surface area contributed by atoms with Crippen LogP contribution in [0.25, 0.3) is 0 Å². The largest absolute Gasteiger partial charge is 0.444 e. The molecule has 1 aromatic rings. The minimum absolute atomic E-state index is 0.00330. The molecule has 0 spiro atoms. The first-order valence-corrected chi connectivity index (χ1v) is 6.14. The van der Waals surface area contributed by atoms with E-state index in [0.29, 0.717) is 12.1 Å². The molecule has 2 rings (SSSR count). The summed E-state index contributed by atoms with van der Waals surface area (Å²) in [5.41, 5.74) is 0.729. The van der Waals surface area contributed by atoms with Gasteiger partial charge in [-0.15, -0.1) is 0 Å². The molecule has 1 amide bonds. The summed E-state index contributed by atoms with van der Waals surface area (Å²) >= 11 is 0. The lowest BCUT2D eigenvalue weighted by Crippen LogP contribution is -2.33. The second-order valence-electron chi connectivity index (χ2n) is 5.62. The molecule has 1 aromatic carbocycles. The number of hydrogen-bond donors (Lipinski definition) is 0. The highest BCUT2D eigenvalue weighted by molar-refractivity contribution is 5.69. The monoisotopic (exact) mass is 269 g/mol. The molecular formula is C14H17F2NO2. The highest BCUT2D eigenvalue weighted by Gasteiger charge is 2.30. The first-order chi connectivity index (χ1) is 8.78. The SMILES string of the molecule is CC(C)(C)OC(=O)N1Cc2cccc(C(F)F)c2C1. The predicted molar refractivity (Wildman–Crippen MR) is 66.9 cm³/mol. The van der Waals surface area contributed by atoms with Gasteiger partial charge >= 0.3 is 6.09 Å². The van der Waals surface area contributed by atoms with Crippen LogP contribution in [0.3, 0.4) is 0 Å². The van der Waals surface area contributed by atoms with Crippen LogP contribution in [0, 0.1) is 0 Å². The van der Waals surface area contributed by atoms with Gasteiger partial charge in [-0.3, -0.25) is 4.90 Å². The Balaban J connectivity index is 2.16. The molecule has 19 heavy (non-hydrogen) atoms. The molecular weight excluding hydrogens is 252 g/mol. The lowest BCUT2D eigenvalue weighted by molar-refractivity contribution is 0.0240. The van der Waals surface area contributed by atoms with Gasteiger partial charge in [-0.05, 0) is 31.9 Å². The Morgan fingerprint density at radius 3 is 2.58 bits per heavy atom. The van der Waals surface area contributed by atoms with Gasteiger partial charge in [0.05, 0.1) is 6.54 Å². The summed E-state index contributed by atoms with van der Waals surface area (Å²) in [6.45, 7) is 5.84. The Labute approximate surface area is 111 Å². The third-order valence-corrected chi connectivity index (χ3v) is 2.91. The van der Waals surface area contributed by atoms with Crippen molar-refractivity contribution in [3.8, 4) is 0 Å². The normalized spacial score (nSPS) is 14.7. The van der Waals surface area contributed by atoms with Crippen LogP contribution in [0.1, 0.15) is 43.9 Å².